The van der Waals surface area contributed by atoms with Crippen LogP contribution in [-0.2, 0) is 6.54 Å². The number of rotatable bonds is 2. The lowest BCUT2D eigenvalue weighted by atomic mass is 10.2. The molecule has 0 N–H and O–H groups in total. The first kappa shape index (κ1) is 9.65. The van der Waals surface area contributed by atoms with Crippen molar-refractivity contribution in [2.45, 2.75) is 13.5 Å². The molecule has 2 aromatic heterocycles. The van der Waals surface area contributed by atoms with E-state index in [1.165, 1.54) is 0 Å². The minimum Gasteiger partial charge on any atom is -0.289 e. The first-order valence-electron chi connectivity index (χ1n) is 4.80. The molecule has 76 valence electrons. The molecule has 0 aliphatic rings. The van der Waals surface area contributed by atoms with Gasteiger partial charge in [-0.1, -0.05) is 6.08 Å². The molecular weight excluding hydrogens is 188 g/mol. The van der Waals surface area contributed by atoms with E-state index in [0.717, 1.165) is 16.7 Å². The summed E-state index contributed by atoms with van der Waals surface area (Å²) in [7, 11) is 0. The molecule has 0 spiro atoms. The Morgan fingerprint density at radius 3 is 2.87 bits per heavy atom. The van der Waals surface area contributed by atoms with Gasteiger partial charge in [0.25, 0.3) is 5.56 Å². The molecule has 0 aliphatic carbocycles. The van der Waals surface area contributed by atoms with Gasteiger partial charge in [0.05, 0.1) is 0 Å². The summed E-state index contributed by atoms with van der Waals surface area (Å²) >= 11 is 0. The Balaban J connectivity index is 2.84. The number of aryl methyl sites for hydroxylation is 1. The molecule has 0 unspecified atom stereocenters. The molecule has 0 saturated heterocycles. The average Bonchev–Trinajstić information content (AvgIpc) is 2.23. The lowest BCUT2D eigenvalue weighted by Gasteiger charge is -2.06. The lowest BCUT2D eigenvalue weighted by Crippen LogP contribution is -2.19. The molecule has 2 heterocycles. The van der Waals surface area contributed by atoms with Crippen LogP contribution in [0.25, 0.3) is 11.0 Å². The fraction of sp³-hybridized carbons (Fsp3) is 0.167. The van der Waals surface area contributed by atoms with Crippen LogP contribution in [0.3, 0.4) is 0 Å². The van der Waals surface area contributed by atoms with Gasteiger partial charge in [-0.3, -0.25) is 9.36 Å². The van der Waals surface area contributed by atoms with Crippen molar-refractivity contribution >= 4 is 11.0 Å². The van der Waals surface area contributed by atoms with Crippen LogP contribution in [0.4, 0.5) is 0 Å². The standard InChI is InChI=1S/C12H12N2O/c1-3-8-14-11(15)7-6-10-5-4-9(2)13-12(10)14/h3-7H,1,8H2,2H3. The molecule has 15 heavy (non-hydrogen) atoms. The Morgan fingerprint density at radius 2 is 2.13 bits per heavy atom. The van der Waals surface area contributed by atoms with Crippen LogP contribution in [-0.4, -0.2) is 9.55 Å². The monoisotopic (exact) mass is 200 g/mol. The van der Waals surface area contributed by atoms with Crippen molar-refractivity contribution in [2.75, 3.05) is 0 Å². The van der Waals surface area contributed by atoms with E-state index in [0.29, 0.717) is 6.54 Å². The molecule has 0 bridgehead atoms. The van der Waals surface area contributed by atoms with Crippen molar-refractivity contribution < 1.29 is 0 Å². The highest BCUT2D eigenvalue weighted by Crippen LogP contribution is 2.09. The van der Waals surface area contributed by atoms with Crippen LogP contribution < -0.4 is 5.56 Å². The van der Waals surface area contributed by atoms with Crippen LogP contribution >= 0.6 is 0 Å². The van der Waals surface area contributed by atoms with E-state index in [9.17, 15) is 4.79 Å². The molecule has 0 aromatic carbocycles. The zero-order valence-electron chi connectivity index (χ0n) is 8.60. The van der Waals surface area contributed by atoms with Crippen LogP contribution in [0.5, 0.6) is 0 Å². The number of pyridine rings is 2. The van der Waals surface area contributed by atoms with E-state index in [2.05, 4.69) is 11.6 Å². The summed E-state index contributed by atoms with van der Waals surface area (Å²) < 4.78 is 1.62. The topological polar surface area (TPSA) is 34.9 Å². The molecule has 0 atom stereocenters. The second-order valence-corrected chi connectivity index (χ2v) is 3.44. The van der Waals surface area contributed by atoms with Gasteiger partial charge in [0.2, 0.25) is 0 Å². The smallest absolute Gasteiger partial charge is 0.252 e. The van der Waals surface area contributed by atoms with Crippen molar-refractivity contribution in [1.29, 1.82) is 0 Å². The minimum atomic E-state index is -0.0412. The van der Waals surface area contributed by atoms with Crippen molar-refractivity contribution in [1.82, 2.24) is 9.55 Å². The third-order valence-electron chi connectivity index (χ3n) is 2.28. The highest BCUT2D eigenvalue weighted by molar-refractivity contribution is 5.75. The normalized spacial score (nSPS) is 10.5. The van der Waals surface area contributed by atoms with E-state index in [1.807, 2.05) is 19.1 Å². The molecule has 0 amide bonds. The first-order valence-corrected chi connectivity index (χ1v) is 4.80. The van der Waals surface area contributed by atoms with Gasteiger partial charge in [0, 0.05) is 23.7 Å². The number of fused-ring (bicyclic) bond motifs is 1. The maximum atomic E-state index is 11.6. The Kier molecular flexibility index (Phi) is 2.37. The summed E-state index contributed by atoms with van der Waals surface area (Å²) in [5.74, 6) is 0. The largest absolute Gasteiger partial charge is 0.289 e. The fourth-order valence-electron chi connectivity index (χ4n) is 1.56. The van der Waals surface area contributed by atoms with E-state index >= 15 is 0 Å². The van der Waals surface area contributed by atoms with Gasteiger partial charge in [0.1, 0.15) is 5.65 Å². The average molecular weight is 200 g/mol. The maximum Gasteiger partial charge on any atom is 0.252 e. The zero-order chi connectivity index (χ0) is 10.8. The molecule has 0 fully saturated rings. The van der Waals surface area contributed by atoms with E-state index in [-0.39, 0.29) is 5.56 Å². The molecular formula is C12H12N2O. The van der Waals surface area contributed by atoms with E-state index in [4.69, 9.17) is 0 Å². The van der Waals surface area contributed by atoms with Crippen LogP contribution in [0, 0.1) is 6.92 Å². The third-order valence-corrected chi connectivity index (χ3v) is 2.28. The zero-order valence-corrected chi connectivity index (χ0v) is 8.60. The number of nitrogens with zero attached hydrogens (tertiary/aromatic N) is 2. The maximum absolute atomic E-state index is 11.6. The summed E-state index contributed by atoms with van der Waals surface area (Å²) in [5.41, 5.74) is 1.59. The minimum absolute atomic E-state index is 0.0412. The SMILES string of the molecule is C=CCn1c(=O)ccc2ccc(C)nc21. The Labute approximate surface area is 87.7 Å². The summed E-state index contributed by atoms with van der Waals surface area (Å²) in [6.45, 7) is 6.04. The number of allylic oxidation sites excluding steroid dienone is 1. The Hall–Kier alpha value is -1.90. The summed E-state index contributed by atoms with van der Waals surface area (Å²) in [5, 5.41) is 0.974. The number of hydrogen-bond acceptors (Lipinski definition) is 2. The Bertz CT molecular complexity index is 569. The van der Waals surface area contributed by atoms with Gasteiger partial charge in [-0.05, 0) is 25.1 Å². The lowest BCUT2D eigenvalue weighted by molar-refractivity contribution is 0.803. The van der Waals surface area contributed by atoms with Gasteiger partial charge in [-0.2, -0.15) is 0 Å². The second-order valence-electron chi connectivity index (χ2n) is 3.44. The summed E-state index contributed by atoms with van der Waals surface area (Å²) in [6, 6.07) is 7.26. The van der Waals surface area contributed by atoms with Crippen LogP contribution in [0.15, 0.2) is 41.7 Å². The van der Waals surface area contributed by atoms with Gasteiger partial charge < -0.3 is 0 Å². The molecule has 2 rings (SSSR count). The van der Waals surface area contributed by atoms with Crippen LogP contribution in [0.2, 0.25) is 0 Å². The molecule has 0 saturated carbocycles. The fourth-order valence-corrected chi connectivity index (χ4v) is 1.56. The van der Waals surface area contributed by atoms with Gasteiger partial charge in [-0.15, -0.1) is 6.58 Å². The molecule has 0 aliphatic heterocycles. The summed E-state index contributed by atoms with van der Waals surface area (Å²) in [6.07, 6.45) is 1.70. The highest BCUT2D eigenvalue weighted by Gasteiger charge is 2.02. The predicted molar refractivity (Wildman–Crippen MR) is 60.9 cm³/mol. The predicted octanol–water partition coefficient (Wildman–Crippen LogP) is 1.89. The van der Waals surface area contributed by atoms with Gasteiger partial charge in [-0.25, -0.2) is 4.98 Å². The van der Waals surface area contributed by atoms with Crippen molar-refractivity contribution in [3.05, 3.63) is 53.0 Å². The molecule has 3 nitrogen and oxygen atoms in total. The molecule has 0 radical (unpaired) electrons. The van der Waals surface area contributed by atoms with Crippen molar-refractivity contribution in [3.8, 4) is 0 Å². The highest BCUT2D eigenvalue weighted by atomic mass is 16.1. The van der Waals surface area contributed by atoms with Gasteiger partial charge in [0.15, 0.2) is 0 Å². The quantitative estimate of drug-likeness (QED) is 0.694. The number of hydrogen-bond donors (Lipinski definition) is 0. The molecule has 2 aromatic rings. The van der Waals surface area contributed by atoms with E-state index < -0.39 is 0 Å². The Morgan fingerprint density at radius 1 is 1.40 bits per heavy atom. The van der Waals surface area contributed by atoms with Gasteiger partial charge >= 0.3 is 0 Å². The summed E-state index contributed by atoms with van der Waals surface area (Å²) in [4.78, 5) is 16.0. The van der Waals surface area contributed by atoms with Crippen molar-refractivity contribution in [2.24, 2.45) is 0 Å². The number of aromatic nitrogens is 2. The first-order chi connectivity index (χ1) is 7.22. The van der Waals surface area contributed by atoms with Crippen LogP contribution in [0.1, 0.15) is 5.69 Å². The second kappa shape index (κ2) is 3.69. The van der Waals surface area contributed by atoms with E-state index in [1.54, 1.807) is 22.8 Å². The third kappa shape index (κ3) is 1.68. The molecule has 3 heteroatoms. The van der Waals surface area contributed by atoms with Crippen molar-refractivity contribution in [3.63, 3.8) is 0 Å².